The lowest BCUT2D eigenvalue weighted by Gasteiger charge is -2.33. The minimum Gasteiger partial charge on any atom is -0.454 e. The molecule has 0 N–H and O–H groups in total. The second kappa shape index (κ2) is 11.5. The van der Waals surface area contributed by atoms with Crippen LogP contribution in [0.15, 0.2) is 196 Å². The molecule has 1 aliphatic rings. The van der Waals surface area contributed by atoms with E-state index in [4.69, 9.17) is 4.42 Å². The Morgan fingerprint density at radius 1 is 0.385 bits per heavy atom. The van der Waals surface area contributed by atoms with Gasteiger partial charge in [0.1, 0.15) is 5.58 Å². The fourth-order valence-electron chi connectivity index (χ4n) is 7.99. The van der Waals surface area contributed by atoms with Gasteiger partial charge in [-0.05, 0) is 89.0 Å². The maximum absolute atomic E-state index is 6.52. The van der Waals surface area contributed by atoms with Crippen LogP contribution in [0.2, 0.25) is 0 Å². The third-order valence-corrected chi connectivity index (χ3v) is 11.5. The molecule has 2 aromatic heterocycles. The number of rotatable bonds is 4. The third-order valence-electron chi connectivity index (χ3n) is 10.4. The summed E-state index contributed by atoms with van der Waals surface area (Å²) in [4.78, 5) is 4.89. The minimum absolute atomic E-state index is 0.904. The van der Waals surface area contributed by atoms with Crippen molar-refractivity contribution in [2.24, 2.45) is 0 Å². The second-order valence-electron chi connectivity index (χ2n) is 13.3. The van der Waals surface area contributed by atoms with E-state index in [1.807, 2.05) is 23.9 Å². The van der Waals surface area contributed by atoms with E-state index in [1.165, 1.54) is 54.2 Å². The van der Waals surface area contributed by atoms with Gasteiger partial charge >= 0.3 is 0 Å². The molecule has 3 heterocycles. The summed E-state index contributed by atoms with van der Waals surface area (Å²) in [6.45, 7) is 0. The fraction of sp³-hybridized carbons (Fsp3) is 0. The second-order valence-corrected chi connectivity index (χ2v) is 14.4. The van der Waals surface area contributed by atoms with E-state index in [1.54, 1.807) is 0 Å². The Kier molecular flexibility index (Phi) is 6.48. The van der Waals surface area contributed by atoms with Gasteiger partial charge in [0.25, 0.3) is 0 Å². The van der Waals surface area contributed by atoms with Crippen molar-refractivity contribution in [2.75, 3.05) is 4.90 Å². The zero-order valence-electron chi connectivity index (χ0n) is 28.0. The summed E-state index contributed by atoms with van der Waals surface area (Å²) in [5.74, 6) is 0. The predicted molar refractivity (Wildman–Crippen MR) is 218 cm³/mol. The van der Waals surface area contributed by atoms with Crippen LogP contribution in [0.5, 0.6) is 0 Å². The van der Waals surface area contributed by atoms with Gasteiger partial charge in [-0.3, -0.25) is 0 Å². The van der Waals surface area contributed by atoms with Crippen LogP contribution in [-0.4, -0.2) is 4.57 Å². The number of nitrogens with zero attached hydrogens (tertiary/aromatic N) is 2. The minimum atomic E-state index is 0.904. The van der Waals surface area contributed by atoms with Gasteiger partial charge in [0.2, 0.25) is 0 Å². The van der Waals surface area contributed by atoms with E-state index in [0.29, 0.717) is 0 Å². The van der Waals surface area contributed by atoms with E-state index in [2.05, 4.69) is 179 Å². The molecule has 3 nitrogen and oxygen atoms in total. The Morgan fingerprint density at radius 3 is 1.98 bits per heavy atom. The standard InChI is InChI=1S/C48H30N2OS/c1-2-12-31(13-3-1)32-14-10-15-35(28-32)49-42-20-7-9-23-46(42)52-47-30-34(25-27-43(47)49)33-24-26-41-39(29-33)36-16-4-6-19-40(36)50(41)44-21-11-18-38-37-17-5-8-22-45(37)51-48(38)44/h1-30H. The zero-order valence-corrected chi connectivity index (χ0v) is 28.8. The molecule has 244 valence electrons. The van der Waals surface area contributed by atoms with Gasteiger partial charge in [-0.1, -0.05) is 127 Å². The number of anilines is 3. The molecule has 10 aromatic rings. The summed E-state index contributed by atoms with van der Waals surface area (Å²) in [6.07, 6.45) is 0. The zero-order chi connectivity index (χ0) is 34.2. The number of hydrogen-bond acceptors (Lipinski definition) is 3. The maximum Gasteiger partial charge on any atom is 0.159 e. The Morgan fingerprint density at radius 2 is 1.04 bits per heavy atom. The molecular formula is C48H30N2OS. The maximum atomic E-state index is 6.52. The summed E-state index contributed by atoms with van der Waals surface area (Å²) in [6, 6.07) is 65.5. The molecule has 0 spiro atoms. The van der Waals surface area contributed by atoms with Crippen LogP contribution in [0.1, 0.15) is 0 Å². The van der Waals surface area contributed by atoms with E-state index < -0.39 is 0 Å². The van der Waals surface area contributed by atoms with Crippen LogP contribution in [0, 0.1) is 0 Å². The van der Waals surface area contributed by atoms with Crippen molar-refractivity contribution in [1.29, 1.82) is 0 Å². The average Bonchev–Trinajstić information content (AvgIpc) is 3.76. The van der Waals surface area contributed by atoms with Gasteiger partial charge in [-0.2, -0.15) is 0 Å². The van der Waals surface area contributed by atoms with E-state index in [-0.39, 0.29) is 0 Å². The molecule has 0 fully saturated rings. The summed E-state index contributed by atoms with van der Waals surface area (Å²) in [7, 11) is 0. The third kappa shape index (κ3) is 4.48. The van der Waals surface area contributed by atoms with Crippen molar-refractivity contribution >= 4 is 72.6 Å². The van der Waals surface area contributed by atoms with E-state index >= 15 is 0 Å². The molecule has 1 aliphatic heterocycles. The van der Waals surface area contributed by atoms with Crippen molar-refractivity contribution in [3.63, 3.8) is 0 Å². The van der Waals surface area contributed by atoms with Crippen LogP contribution < -0.4 is 4.90 Å². The van der Waals surface area contributed by atoms with Gasteiger partial charge < -0.3 is 13.9 Å². The first kappa shape index (κ1) is 29.3. The molecule has 0 saturated carbocycles. The number of para-hydroxylation sites is 4. The molecule has 0 unspecified atom stereocenters. The first-order valence-corrected chi connectivity index (χ1v) is 18.4. The van der Waals surface area contributed by atoms with Gasteiger partial charge in [0.15, 0.2) is 5.58 Å². The lowest BCUT2D eigenvalue weighted by molar-refractivity contribution is 0.666. The number of aromatic nitrogens is 1. The van der Waals surface area contributed by atoms with E-state index in [9.17, 15) is 0 Å². The van der Waals surface area contributed by atoms with Crippen LogP contribution >= 0.6 is 11.8 Å². The molecule has 11 rings (SSSR count). The van der Waals surface area contributed by atoms with E-state index in [0.717, 1.165) is 44.3 Å². The molecule has 0 atom stereocenters. The molecule has 0 amide bonds. The Labute approximate surface area is 305 Å². The number of fused-ring (bicyclic) bond motifs is 8. The largest absolute Gasteiger partial charge is 0.454 e. The molecule has 0 aliphatic carbocycles. The molecule has 0 saturated heterocycles. The molecule has 4 heteroatoms. The van der Waals surface area contributed by atoms with Crippen molar-refractivity contribution in [3.8, 4) is 27.9 Å². The van der Waals surface area contributed by atoms with Gasteiger partial charge in [-0.15, -0.1) is 0 Å². The van der Waals surface area contributed by atoms with Crippen molar-refractivity contribution in [1.82, 2.24) is 4.57 Å². The Balaban J connectivity index is 1.05. The lowest BCUT2D eigenvalue weighted by Crippen LogP contribution is -2.14. The molecule has 52 heavy (non-hydrogen) atoms. The quantitative estimate of drug-likeness (QED) is 0.184. The normalized spacial score (nSPS) is 12.5. The first-order valence-electron chi connectivity index (χ1n) is 17.6. The number of hydrogen-bond donors (Lipinski definition) is 0. The van der Waals surface area contributed by atoms with Crippen molar-refractivity contribution in [3.05, 3.63) is 182 Å². The van der Waals surface area contributed by atoms with Crippen LogP contribution in [0.25, 0.3) is 71.7 Å². The SMILES string of the molecule is c1ccc(-c2cccc(N3c4ccccc4Sc4cc(-c5ccc6c(c5)c5ccccc5n6-c5cccc6c5oc5ccccc56)ccc43)c2)cc1. The van der Waals surface area contributed by atoms with Crippen molar-refractivity contribution < 1.29 is 4.42 Å². The Bertz CT molecular complexity index is 3010. The highest BCUT2D eigenvalue weighted by Gasteiger charge is 2.26. The monoisotopic (exact) mass is 682 g/mol. The molecule has 0 radical (unpaired) electrons. The highest BCUT2D eigenvalue weighted by Crippen LogP contribution is 2.52. The van der Waals surface area contributed by atoms with Crippen LogP contribution in [0.4, 0.5) is 17.1 Å². The summed E-state index contributed by atoms with van der Waals surface area (Å²) < 4.78 is 8.88. The summed E-state index contributed by atoms with van der Waals surface area (Å²) in [5.41, 5.74) is 13.5. The highest BCUT2D eigenvalue weighted by atomic mass is 32.2. The number of furan rings is 1. The average molecular weight is 683 g/mol. The summed E-state index contributed by atoms with van der Waals surface area (Å²) in [5, 5.41) is 4.71. The highest BCUT2D eigenvalue weighted by molar-refractivity contribution is 7.99. The molecular weight excluding hydrogens is 653 g/mol. The lowest BCUT2D eigenvalue weighted by atomic mass is 10.0. The predicted octanol–water partition coefficient (Wildman–Crippen LogP) is 14.0. The smallest absolute Gasteiger partial charge is 0.159 e. The topological polar surface area (TPSA) is 21.3 Å². The molecule has 8 aromatic carbocycles. The van der Waals surface area contributed by atoms with Gasteiger partial charge in [0, 0.05) is 37.0 Å². The van der Waals surface area contributed by atoms with Gasteiger partial charge in [0.05, 0.1) is 28.1 Å². The first-order chi connectivity index (χ1) is 25.8. The van der Waals surface area contributed by atoms with Crippen molar-refractivity contribution in [2.45, 2.75) is 9.79 Å². The fourth-order valence-corrected chi connectivity index (χ4v) is 9.09. The Hall–Kier alpha value is -6.49. The summed E-state index contributed by atoms with van der Waals surface area (Å²) >= 11 is 1.84. The number of benzene rings is 8. The molecule has 0 bridgehead atoms. The van der Waals surface area contributed by atoms with Crippen LogP contribution in [0.3, 0.4) is 0 Å². The van der Waals surface area contributed by atoms with Crippen LogP contribution in [-0.2, 0) is 0 Å². The van der Waals surface area contributed by atoms with Gasteiger partial charge in [-0.25, -0.2) is 0 Å².